The van der Waals surface area contributed by atoms with Gasteiger partial charge in [0.2, 0.25) is 0 Å². The van der Waals surface area contributed by atoms with E-state index in [-0.39, 0.29) is 0 Å². The van der Waals surface area contributed by atoms with Gasteiger partial charge in [-0.3, -0.25) is 0 Å². The fraction of sp³-hybridized carbons (Fsp3) is 0.417. The standard InChI is InChI=1S/C6H11FO2.C6H7N/c1-6(2,3)9-5(8)4-7;7-6-4-2-1-3-5-6/h4H2,1-3H3;1-5H,7H2. The summed E-state index contributed by atoms with van der Waals surface area (Å²) < 4.78 is 16.0. The Morgan fingerprint density at radius 3 is 2.00 bits per heavy atom. The molecule has 1 aromatic carbocycles. The third-order valence-electron chi connectivity index (χ3n) is 1.33. The van der Waals surface area contributed by atoms with Crippen molar-refractivity contribution in [2.75, 3.05) is 12.4 Å². The van der Waals surface area contributed by atoms with E-state index in [0.717, 1.165) is 5.69 Å². The molecule has 4 heteroatoms. The lowest BCUT2D eigenvalue weighted by atomic mass is 10.2. The van der Waals surface area contributed by atoms with Crippen LogP contribution in [0.1, 0.15) is 20.8 Å². The molecule has 3 nitrogen and oxygen atoms in total. The molecule has 0 saturated carbocycles. The molecular weight excluding hydrogens is 209 g/mol. The molecule has 90 valence electrons. The largest absolute Gasteiger partial charge is 0.458 e. The highest BCUT2D eigenvalue weighted by atomic mass is 19.1. The van der Waals surface area contributed by atoms with E-state index in [1.165, 1.54) is 0 Å². The Bertz CT molecular complexity index is 307. The molecule has 0 fully saturated rings. The van der Waals surface area contributed by atoms with Crippen LogP contribution in [0.5, 0.6) is 0 Å². The van der Waals surface area contributed by atoms with Gasteiger partial charge in [-0.1, -0.05) is 18.2 Å². The van der Waals surface area contributed by atoms with Gasteiger partial charge >= 0.3 is 5.97 Å². The van der Waals surface area contributed by atoms with Gasteiger partial charge in [0.1, 0.15) is 5.60 Å². The Balaban J connectivity index is 0.000000288. The number of carbonyl (C=O) groups is 1. The molecule has 1 rings (SSSR count). The minimum absolute atomic E-state index is 0.566. The van der Waals surface area contributed by atoms with Gasteiger partial charge in [-0.25, -0.2) is 9.18 Å². The number of carbonyl (C=O) groups excluding carboxylic acids is 1. The molecule has 0 heterocycles. The summed E-state index contributed by atoms with van der Waals surface area (Å²) in [5.74, 6) is -0.803. The molecule has 0 spiro atoms. The zero-order valence-corrected chi connectivity index (χ0v) is 9.87. The molecule has 2 N–H and O–H groups in total. The average molecular weight is 227 g/mol. The molecule has 16 heavy (non-hydrogen) atoms. The van der Waals surface area contributed by atoms with Crippen LogP contribution < -0.4 is 5.73 Å². The van der Waals surface area contributed by atoms with Crippen LogP contribution in [-0.4, -0.2) is 18.2 Å². The zero-order chi connectivity index (χ0) is 12.6. The Labute approximate surface area is 95.4 Å². The zero-order valence-electron chi connectivity index (χ0n) is 9.87. The van der Waals surface area contributed by atoms with Crippen LogP contribution in [0.15, 0.2) is 30.3 Å². The van der Waals surface area contributed by atoms with Crippen LogP contribution in [0.3, 0.4) is 0 Å². The summed E-state index contributed by atoms with van der Waals surface area (Å²) in [6.07, 6.45) is 0. The molecule has 0 atom stereocenters. The van der Waals surface area contributed by atoms with E-state index in [4.69, 9.17) is 5.73 Å². The molecule has 0 aromatic heterocycles. The van der Waals surface area contributed by atoms with Crippen molar-refractivity contribution >= 4 is 11.7 Å². The summed E-state index contributed by atoms with van der Waals surface area (Å²) in [5, 5.41) is 0. The fourth-order valence-corrected chi connectivity index (χ4v) is 0.822. The number of alkyl halides is 1. The van der Waals surface area contributed by atoms with Gasteiger partial charge in [0.05, 0.1) is 0 Å². The first-order valence-electron chi connectivity index (χ1n) is 4.93. The summed E-state index contributed by atoms with van der Waals surface area (Å²) in [4.78, 5) is 10.2. The molecule has 0 aliphatic rings. The van der Waals surface area contributed by atoms with E-state index in [1.54, 1.807) is 20.8 Å². The van der Waals surface area contributed by atoms with Crippen molar-refractivity contribution in [1.82, 2.24) is 0 Å². The van der Waals surface area contributed by atoms with E-state index in [9.17, 15) is 9.18 Å². The number of para-hydroxylation sites is 1. The number of nitrogen functional groups attached to an aromatic ring is 1. The van der Waals surface area contributed by atoms with E-state index in [1.807, 2.05) is 30.3 Å². The first-order valence-corrected chi connectivity index (χ1v) is 4.93. The second kappa shape index (κ2) is 6.82. The number of ether oxygens (including phenoxy) is 1. The molecule has 0 radical (unpaired) electrons. The number of halogens is 1. The predicted octanol–water partition coefficient (Wildman–Crippen LogP) is 2.57. The van der Waals surface area contributed by atoms with Gasteiger partial charge in [0, 0.05) is 5.69 Å². The van der Waals surface area contributed by atoms with Gasteiger partial charge in [-0.2, -0.15) is 0 Å². The molecule has 0 amide bonds. The summed E-state index contributed by atoms with van der Waals surface area (Å²) in [5.41, 5.74) is 5.61. The highest BCUT2D eigenvalue weighted by Crippen LogP contribution is 2.06. The first-order chi connectivity index (χ1) is 7.35. The molecule has 1 aromatic rings. The van der Waals surface area contributed by atoms with Crippen LogP contribution in [0.2, 0.25) is 0 Å². The Morgan fingerprint density at radius 2 is 1.81 bits per heavy atom. The van der Waals surface area contributed by atoms with Crippen LogP contribution in [0, 0.1) is 0 Å². The van der Waals surface area contributed by atoms with Gasteiger partial charge in [0.15, 0.2) is 6.67 Å². The van der Waals surface area contributed by atoms with Gasteiger partial charge < -0.3 is 10.5 Å². The highest BCUT2D eigenvalue weighted by Gasteiger charge is 2.14. The number of anilines is 1. The SMILES string of the molecule is CC(C)(C)OC(=O)CF.Nc1ccccc1. The van der Waals surface area contributed by atoms with E-state index in [2.05, 4.69) is 4.74 Å². The summed E-state index contributed by atoms with van der Waals surface area (Å²) >= 11 is 0. The molecule has 0 unspecified atom stereocenters. The second-order valence-electron chi connectivity index (χ2n) is 4.13. The normalized spacial score (nSPS) is 10.0. The molecular formula is C12H18FNO2. The monoisotopic (exact) mass is 227 g/mol. The summed E-state index contributed by atoms with van der Waals surface area (Å²) in [7, 11) is 0. The minimum atomic E-state index is -1.04. The maximum absolute atomic E-state index is 11.4. The van der Waals surface area contributed by atoms with E-state index in [0.29, 0.717) is 0 Å². The van der Waals surface area contributed by atoms with Crippen LogP contribution in [0.25, 0.3) is 0 Å². The van der Waals surface area contributed by atoms with Crippen molar-refractivity contribution in [3.8, 4) is 0 Å². The van der Waals surface area contributed by atoms with Gasteiger partial charge in [-0.05, 0) is 32.9 Å². The highest BCUT2D eigenvalue weighted by molar-refractivity contribution is 5.70. The Kier molecular flexibility index (Phi) is 6.15. The lowest BCUT2D eigenvalue weighted by Gasteiger charge is -2.17. The Hall–Kier alpha value is -1.58. The van der Waals surface area contributed by atoms with Crippen molar-refractivity contribution in [2.24, 2.45) is 0 Å². The molecule has 0 bridgehead atoms. The number of hydrogen-bond acceptors (Lipinski definition) is 3. The maximum atomic E-state index is 11.4. The number of rotatable bonds is 1. The Morgan fingerprint density at radius 1 is 1.31 bits per heavy atom. The van der Waals surface area contributed by atoms with Crippen LogP contribution in [-0.2, 0) is 9.53 Å². The smallest absolute Gasteiger partial charge is 0.338 e. The fourth-order valence-electron chi connectivity index (χ4n) is 0.822. The van der Waals surface area contributed by atoms with Crippen molar-refractivity contribution < 1.29 is 13.9 Å². The van der Waals surface area contributed by atoms with E-state index < -0.39 is 18.2 Å². The van der Waals surface area contributed by atoms with Crippen LogP contribution >= 0.6 is 0 Å². The van der Waals surface area contributed by atoms with Crippen molar-refractivity contribution in [2.45, 2.75) is 26.4 Å². The second-order valence-corrected chi connectivity index (χ2v) is 4.13. The lowest BCUT2D eigenvalue weighted by Crippen LogP contribution is -2.24. The number of esters is 1. The van der Waals surface area contributed by atoms with Crippen molar-refractivity contribution in [3.63, 3.8) is 0 Å². The van der Waals surface area contributed by atoms with Gasteiger partial charge in [-0.15, -0.1) is 0 Å². The molecule has 0 saturated heterocycles. The van der Waals surface area contributed by atoms with Crippen molar-refractivity contribution in [3.05, 3.63) is 30.3 Å². The minimum Gasteiger partial charge on any atom is -0.458 e. The van der Waals surface area contributed by atoms with Crippen molar-refractivity contribution in [1.29, 1.82) is 0 Å². The quantitative estimate of drug-likeness (QED) is 0.592. The third-order valence-corrected chi connectivity index (χ3v) is 1.33. The number of hydrogen-bond donors (Lipinski definition) is 1. The van der Waals surface area contributed by atoms with E-state index >= 15 is 0 Å². The van der Waals surface area contributed by atoms with Crippen LogP contribution in [0.4, 0.5) is 10.1 Å². The summed E-state index contributed by atoms with van der Waals surface area (Å²) in [6.45, 7) is 4.04. The maximum Gasteiger partial charge on any atom is 0.338 e. The molecule has 0 aliphatic heterocycles. The number of nitrogens with two attached hydrogens (primary N) is 1. The number of benzene rings is 1. The first kappa shape index (κ1) is 14.4. The van der Waals surface area contributed by atoms with Gasteiger partial charge in [0.25, 0.3) is 0 Å². The topological polar surface area (TPSA) is 52.3 Å². The average Bonchev–Trinajstić information content (AvgIpc) is 2.17. The summed E-state index contributed by atoms with van der Waals surface area (Å²) in [6, 6.07) is 9.49. The molecule has 0 aliphatic carbocycles. The third kappa shape index (κ3) is 8.99. The lowest BCUT2D eigenvalue weighted by molar-refractivity contribution is -0.155. The predicted molar refractivity (Wildman–Crippen MR) is 62.7 cm³/mol.